The monoisotopic (exact) mass is 545 g/mol. The molecule has 3 N–H and O–H groups in total. The van der Waals surface area contributed by atoms with Gasteiger partial charge in [0.1, 0.15) is 23.0 Å². The van der Waals surface area contributed by atoms with E-state index < -0.39 is 17.5 Å². The van der Waals surface area contributed by atoms with E-state index in [4.69, 9.17) is 15.7 Å². The fourth-order valence-electron chi connectivity index (χ4n) is 5.72. The third-order valence-electron chi connectivity index (χ3n) is 7.63. The lowest BCUT2D eigenvalue weighted by atomic mass is 9.69. The Morgan fingerprint density at radius 1 is 1.25 bits per heavy atom. The minimum atomic E-state index is -0.704. The molecular weight excluding hydrogens is 511 g/mol. The van der Waals surface area contributed by atoms with Gasteiger partial charge in [0.05, 0.1) is 37.1 Å². The van der Waals surface area contributed by atoms with Crippen LogP contribution in [-0.4, -0.2) is 41.9 Å². The molecule has 1 amide bonds. The number of carbonyl (C=O) groups is 1. The van der Waals surface area contributed by atoms with E-state index in [0.29, 0.717) is 37.9 Å². The first-order chi connectivity index (χ1) is 19.3. The molecule has 2 heterocycles. The molecule has 4 rings (SSSR count). The number of anilines is 1. The number of aryl methyl sites for hydroxylation is 1. The Bertz CT molecular complexity index is 1410. The normalized spacial score (nSPS) is 20.5. The summed E-state index contributed by atoms with van der Waals surface area (Å²) in [5.74, 6) is -1.58. The summed E-state index contributed by atoms with van der Waals surface area (Å²) in [7, 11) is 0.483. The van der Waals surface area contributed by atoms with Crippen LogP contribution < -0.4 is 16.5 Å². The molecule has 0 saturated heterocycles. The fraction of sp³-hybridized carbons (Fsp3) is 0.400. The van der Waals surface area contributed by atoms with E-state index in [-0.39, 0.29) is 40.9 Å². The maximum atomic E-state index is 15.0. The largest absolute Gasteiger partial charge is 0.375 e. The quantitative estimate of drug-likeness (QED) is 0.300. The van der Waals surface area contributed by atoms with Gasteiger partial charge in [-0.3, -0.25) is 9.78 Å². The van der Waals surface area contributed by atoms with Crippen LogP contribution in [0.4, 0.5) is 14.5 Å². The molecule has 1 aliphatic carbocycles. The van der Waals surface area contributed by atoms with Gasteiger partial charge in [-0.25, -0.2) is 13.8 Å². The van der Waals surface area contributed by atoms with Crippen molar-refractivity contribution < 1.29 is 18.3 Å². The number of ether oxygens (including phenoxy) is 1. The van der Waals surface area contributed by atoms with Crippen LogP contribution in [0, 0.1) is 35.8 Å². The first-order valence-electron chi connectivity index (χ1n) is 13.7. The smallest absolute Gasteiger partial charge is 0.274 e. The highest BCUT2D eigenvalue weighted by molar-refractivity contribution is 6.54. The highest BCUT2D eigenvalue weighted by Gasteiger charge is 2.37. The Hall–Kier alpha value is -3.68. The summed E-state index contributed by atoms with van der Waals surface area (Å²) >= 11 is 0. The van der Waals surface area contributed by atoms with Crippen LogP contribution in [0.2, 0.25) is 6.82 Å². The number of rotatable bonds is 9. The molecule has 1 fully saturated rings. The standard InChI is InChI=1S/C30H34BF2N5O2/c1-4-18-14-19(15-24(35)29(18)40-11-5-9-34)20-8-10-36-16-26(20)38-30(39)25-7-6-22(32)28(37-25)27-21(31-3)12-17(2)13-23(27)33/h6-8,10,12-13,16,18-19,24,29,31H,4-5,11,14-15,35H2,1-3H3,(H,38,39)/t18-,19+,24+,29-/m0/s1. The molecule has 1 aliphatic rings. The van der Waals surface area contributed by atoms with E-state index in [9.17, 15) is 13.6 Å². The lowest BCUT2D eigenvalue weighted by molar-refractivity contribution is -0.0268. The number of hydrogen-bond acceptors (Lipinski definition) is 6. The van der Waals surface area contributed by atoms with Crippen molar-refractivity contribution in [2.24, 2.45) is 11.7 Å². The van der Waals surface area contributed by atoms with Crippen LogP contribution in [0.25, 0.3) is 11.3 Å². The van der Waals surface area contributed by atoms with Gasteiger partial charge in [0.25, 0.3) is 5.91 Å². The SMILES string of the molecule is CBc1cc(C)cc(F)c1-c1nc(C(=O)Nc2cnccc2[C@@H]2C[C@H](CC)[C@H](OCCC#N)[C@H](N)C2)ccc1F. The third kappa shape index (κ3) is 6.38. The number of halogens is 2. The van der Waals surface area contributed by atoms with Crippen molar-refractivity contribution in [2.75, 3.05) is 11.9 Å². The molecule has 0 radical (unpaired) electrons. The molecule has 1 saturated carbocycles. The van der Waals surface area contributed by atoms with E-state index in [2.05, 4.69) is 28.3 Å². The zero-order chi connectivity index (χ0) is 28.8. The van der Waals surface area contributed by atoms with Gasteiger partial charge in [-0.05, 0) is 67.0 Å². The number of nitrogens with two attached hydrogens (primary N) is 1. The third-order valence-corrected chi connectivity index (χ3v) is 7.63. The van der Waals surface area contributed by atoms with Gasteiger partial charge in [0.15, 0.2) is 7.28 Å². The lowest BCUT2D eigenvalue weighted by Crippen LogP contribution is -2.47. The van der Waals surface area contributed by atoms with Crippen LogP contribution in [0.15, 0.2) is 42.7 Å². The van der Waals surface area contributed by atoms with Crippen molar-refractivity contribution in [1.29, 1.82) is 5.26 Å². The Morgan fingerprint density at radius 2 is 2.05 bits per heavy atom. The molecule has 0 aliphatic heterocycles. The molecule has 2 aromatic heterocycles. The van der Waals surface area contributed by atoms with Crippen LogP contribution in [0.3, 0.4) is 0 Å². The van der Waals surface area contributed by atoms with E-state index in [1.165, 1.54) is 12.1 Å². The highest BCUT2D eigenvalue weighted by atomic mass is 19.1. The first kappa shape index (κ1) is 29.3. The van der Waals surface area contributed by atoms with Crippen molar-refractivity contribution in [3.8, 4) is 17.3 Å². The van der Waals surface area contributed by atoms with Gasteiger partial charge >= 0.3 is 0 Å². The fourth-order valence-corrected chi connectivity index (χ4v) is 5.72. The zero-order valence-electron chi connectivity index (χ0n) is 23.1. The molecule has 1 aromatic carbocycles. The number of benzene rings is 1. The number of hydrogen-bond donors (Lipinski definition) is 2. The first-order valence-corrected chi connectivity index (χ1v) is 13.7. The van der Waals surface area contributed by atoms with Crippen LogP contribution in [0.1, 0.15) is 60.1 Å². The molecule has 10 heteroatoms. The second-order valence-electron chi connectivity index (χ2n) is 10.3. The molecule has 0 spiro atoms. The molecule has 0 bridgehead atoms. The molecule has 4 atom stereocenters. The van der Waals surface area contributed by atoms with Gasteiger partial charge in [-0.2, -0.15) is 5.26 Å². The number of carbonyl (C=O) groups excluding carboxylic acids is 1. The second-order valence-corrected chi connectivity index (χ2v) is 10.3. The Kier molecular flexibility index (Phi) is 9.61. The topological polar surface area (TPSA) is 114 Å². The summed E-state index contributed by atoms with van der Waals surface area (Å²) in [5, 5.41) is 11.7. The number of nitrogens with one attached hydrogen (secondary N) is 1. The van der Waals surface area contributed by atoms with Crippen LogP contribution >= 0.6 is 0 Å². The second kappa shape index (κ2) is 13.1. The number of pyridine rings is 2. The molecule has 40 heavy (non-hydrogen) atoms. The predicted molar refractivity (Wildman–Crippen MR) is 153 cm³/mol. The van der Waals surface area contributed by atoms with Crippen molar-refractivity contribution in [2.45, 2.75) is 64.4 Å². The average molecular weight is 545 g/mol. The number of nitriles is 1. The Morgan fingerprint density at radius 3 is 2.77 bits per heavy atom. The average Bonchev–Trinajstić information content (AvgIpc) is 2.94. The molecule has 208 valence electrons. The van der Waals surface area contributed by atoms with E-state index >= 15 is 0 Å². The van der Waals surface area contributed by atoms with Crippen LogP contribution in [-0.2, 0) is 4.74 Å². The minimum absolute atomic E-state index is 0.0361. The van der Waals surface area contributed by atoms with Crippen molar-refractivity contribution in [3.63, 3.8) is 0 Å². The summed E-state index contributed by atoms with van der Waals surface area (Å²) in [5.41, 5.74) is 9.13. The Balaban J connectivity index is 1.59. The summed E-state index contributed by atoms with van der Waals surface area (Å²) in [6, 6.07) is 9.30. The summed E-state index contributed by atoms with van der Waals surface area (Å²) in [6.07, 6.45) is 5.75. The number of amides is 1. The van der Waals surface area contributed by atoms with E-state index in [1.54, 1.807) is 25.4 Å². The van der Waals surface area contributed by atoms with Gasteiger partial charge in [0, 0.05) is 17.8 Å². The molecule has 3 aromatic rings. The van der Waals surface area contributed by atoms with Gasteiger partial charge in [-0.1, -0.05) is 31.7 Å². The van der Waals surface area contributed by atoms with E-state index in [1.807, 2.05) is 12.9 Å². The van der Waals surface area contributed by atoms with E-state index in [0.717, 1.165) is 30.0 Å². The van der Waals surface area contributed by atoms with Gasteiger partial charge < -0.3 is 15.8 Å². The summed E-state index contributed by atoms with van der Waals surface area (Å²) in [6.45, 7) is 6.08. The summed E-state index contributed by atoms with van der Waals surface area (Å²) in [4.78, 5) is 21.8. The zero-order valence-corrected chi connectivity index (χ0v) is 23.1. The summed E-state index contributed by atoms with van der Waals surface area (Å²) < 4.78 is 35.8. The maximum absolute atomic E-state index is 15.0. The lowest BCUT2D eigenvalue weighted by Gasteiger charge is -2.40. The van der Waals surface area contributed by atoms with Crippen LogP contribution in [0.5, 0.6) is 0 Å². The molecular formula is C30H34BF2N5O2. The number of aromatic nitrogens is 2. The Labute approximate surface area is 234 Å². The maximum Gasteiger partial charge on any atom is 0.274 e. The molecule has 7 nitrogen and oxygen atoms in total. The molecule has 0 unspecified atom stereocenters. The highest BCUT2D eigenvalue weighted by Crippen LogP contribution is 2.41. The van der Waals surface area contributed by atoms with Gasteiger partial charge in [-0.15, -0.1) is 0 Å². The van der Waals surface area contributed by atoms with Crippen molar-refractivity contribution in [3.05, 3.63) is 71.2 Å². The van der Waals surface area contributed by atoms with Crippen molar-refractivity contribution in [1.82, 2.24) is 9.97 Å². The predicted octanol–water partition coefficient (Wildman–Crippen LogP) is 4.62. The minimum Gasteiger partial charge on any atom is -0.375 e. The number of nitrogens with zero attached hydrogens (tertiary/aromatic N) is 3. The van der Waals surface area contributed by atoms with Crippen molar-refractivity contribution >= 4 is 24.3 Å². The van der Waals surface area contributed by atoms with Gasteiger partial charge in [0.2, 0.25) is 0 Å².